The topological polar surface area (TPSA) is 89.0 Å². The summed E-state index contributed by atoms with van der Waals surface area (Å²) in [6.07, 6.45) is 0. The van der Waals surface area contributed by atoms with E-state index in [0.29, 0.717) is 28.8 Å². The first-order valence-electron chi connectivity index (χ1n) is 11.3. The minimum Gasteiger partial charge on any atom is -0.494 e. The second kappa shape index (κ2) is 11.7. The van der Waals surface area contributed by atoms with Crippen LogP contribution in [0.25, 0.3) is 0 Å². The Balaban J connectivity index is 1.83. The first kappa shape index (κ1) is 25.4. The SMILES string of the molecule is CCOC(=O)C1=C(C)NC(SCC(=O)Nc2cc(C)ccc2C)=N[C@@H]1c1ccccc1OCC. The Morgan fingerprint density at radius 2 is 1.85 bits per heavy atom. The monoisotopic (exact) mass is 481 g/mol. The molecule has 8 heteroatoms. The second-order valence-electron chi connectivity index (χ2n) is 7.85. The molecular formula is C26H31N3O4S. The minimum atomic E-state index is -0.604. The Bertz CT molecular complexity index is 1130. The molecule has 1 aliphatic heterocycles. The maximum absolute atomic E-state index is 12.8. The van der Waals surface area contributed by atoms with Gasteiger partial charge in [0.1, 0.15) is 11.8 Å². The summed E-state index contributed by atoms with van der Waals surface area (Å²) in [7, 11) is 0. The zero-order valence-corrected chi connectivity index (χ0v) is 21.0. The van der Waals surface area contributed by atoms with Gasteiger partial charge in [0.05, 0.1) is 24.5 Å². The van der Waals surface area contributed by atoms with E-state index in [0.717, 1.165) is 22.4 Å². The maximum Gasteiger partial charge on any atom is 0.338 e. The van der Waals surface area contributed by atoms with Crippen molar-refractivity contribution in [1.82, 2.24) is 5.32 Å². The van der Waals surface area contributed by atoms with Crippen LogP contribution in [0.15, 0.2) is 58.7 Å². The number of esters is 1. The molecule has 0 saturated carbocycles. The van der Waals surface area contributed by atoms with E-state index in [4.69, 9.17) is 14.5 Å². The van der Waals surface area contributed by atoms with E-state index in [2.05, 4.69) is 10.6 Å². The third-order valence-corrected chi connectivity index (χ3v) is 6.12. The quantitative estimate of drug-likeness (QED) is 0.521. The molecule has 0 saturated heterocycles. The fraction of sp³-hybridized carbons (Fsp3) is 0.346. The molecule has 2 aromatic rings. The Hall–Kier alpha value is -3.26. The average molecular weight is 482 g/mol. The maximum atomic E-state index is 12.8. The van der Waals surface area contributed by atoms with Crippen LogP contribution in [-0.2, 0) is 14.3 Å². The lowest BCUT2D eigenvalue weighted by Crippen LogP contribution is -2.31. The van der Waals surface area contributed by atoms with Crippen LogP contribution in [0.3, 0.4) is 0 Å². The number of para-hydroxylation sites is 1. The predicted octanol–water partition coefficient (Wildman–Crippen LogP) is 4.91. The highest BCUT2D eigenvalue weighted by Crippen LogP contribution is 2.37. The summed E-state index contributed by atoms with van der Waals surface area (Å²) in [5.74, 6) is 0.268. The Kier molecular flexibility index (Phi) is 8.76. The van der Waals surface area contributed by atoms with Crippen molar-refractivity contribution >= 4 is 34.5 Å². The van der Waals surface area contributed by atoms with Crippen molar-refractivity contribution in [3.63, 3.8) is 0 Å². The normalized spacial score (nSPS) is 15.3. The van der Waals surface area contributed by atoms with Crippen molar-refractivity contribution in [2.24, 2.45) is 4.99 Å². The van der Waals surface area contributed by atoms with Crippen LogP contribution < -0.4 is 15.4 Å². The molecule has 7 nitrogen and oxygen atoms in total. The van der Waals surface area contributed by atoms with Crippen LogP contribution in [-0.4, -0.2) is 36.0 Å². The van der Waals surface area contributed by atoms with Crippen LogP contribution in [0.1, 0.15) is 43.5 Å². The number of aryl methyl sites for hydroxylation is 2. The number of amidine groups is 1. The summed E-state index contributed by atoms with van der Waals surface area (Å²) in [5, 5.41) is 6.69. The lowest BCUT2D eigenvalue weighted by atomic mass is 9.96. The summed E-state index contributed by atoms with van der Waals surface area (Å²) < 4.78 is 11.1. The van der Waals surface area contributed by atoms with E-state index in [1.165, 1.54) is 11.8 Å². The highest BCUT2D eigenvalue weighted by atomic mass is 32.2. The molecule has 1 amide bonds. The number of carbonyl (C=O) groups is 2. The fourth-order valence-corrected chi connectivity index (χ4v) is 4.35. The lowest BCUT2D eigenvalue weighted by Gasteiger charge is -2.26. The van der Waals surface area contributed by atoms with E-state index < -0.39 is 12.0 Å². The third kappa shape index (κ3) is 6.20. The molecule has 0 bridgehead atoms. The molecule has 0 fully saturated rings. The summed E-state index contributed by atoms with van der Waals surface area (Å²) in [6, 6.07) is 12.9. The molecule has 180 valence electrons. The second-order valence-corrected chi connectivity index (χ2v) is 8.81. The number of nitrogens with zero attached hydrogens (tertiary/aromatic N) is 1. The molecule has 2 aromatic carbocycles. The first-order chi connectivity index (χ1) is 16.3. The Labute approximate surface area is 205 Å². The van der Waals surface area contributed by atoms with Crippen molar-refractivity contribution in [2.75, 3.05) is 24.3 Å². The minimum absolute atomic E-state index is 0.132. The van der Waals surface area contributed by atoms with E-state index >= 15 is 0 Å². The molecule has 3 rings (SSSR count). The van der Waals surface area contributed by atoms with Gasteiger partial charge in [0.2, 0.25) is 5.91 Å². The predicted molar refractivity (Wildman–Crippen MR) is 137 cm³/mol. The number of hydrogen-bond acceptors (Lipinski definition) is 7. The van der Waals surface area contributed by atoms with Gasteiger partial charge < -0.3 is 20.1 Å². The number of aliphatic imine (C=N–C) groups is 1. The molecule has 1 atom stereocenters. The van der Waals surface area contributed by atoms with Crippen LogP contribution in [0.4, 0.5) is 5.69 Å². The molecule has 0 radical (unpaired) electrons. The molecule has 0 unspecified atom stereocenters. The van der Waals surface area contributed by atoms with Gasteiger partial charge in [-0.25, -0.2) is 9.79 Å². The number of ether oxygens (including phenoxy) is 2. The summed E-state index contributed by atoms with van der Waals surface area (Å²) >= 11 is 1.28. The average Bonchev–Trinajstić information content (AvgIpc) is 2.80. The number of anilines is 1. The van der Waals surface area contributed by atoms with Crippen molar-refractivity contribution in [1.29, 1.82) is 0 Å². The van der Waals surface area contributed by atoms with Crippen molar-refractivity contribution in [3.05, 3.63) is 70.4 Å². The van der Waals surface area contributed by atoms with Crippen molar-refractivity contribution in [3.8, 4) is 5.75 Å². The number of allylic oxidation sites excluding steroid dienone is 1. The van der Waals surface area contributed by atoms with Gasteiger partial charge in [0, 0.05) is 16.9 Å². The molecular weight excluding hydrogens is 450 g/mol. The number of benzene rings is 2. The zero-order chi connectivity index (χ0) is 24.7. The molecule has 34 heavy (non-hydrogen) atoms. The smallest absolute Gasteiger partial charge is 0.338 e. The fourth-order valence-electron chi connectivity index (χ4n) is 3.60. The molecule has 0 aromatic heterocycles. The van der Waals surface area contributed by atoms with Gasteiger partial charge in [0.25, 0.3) is 0 Å². The number of nitrogens with one attached hydrogen (secondary N) is 2. The number of amides is 1. The Morgan fingerprint density at radius 1 is 1.09 bits per heavy atom. The van der Waals surface area contributed by atoms with E-state index in [1.807, 2.05) is 70.2 Å². The van der Waals surface area contributed by atoms with Crippen molar-refractivity contribution in [2.45, 2.75) is 40.7 Å². The van der Waals surface area contributed by atoms with Crippen LogP contribution >= 0.6 is 11.8 Å². The van der Waals surface area contributed by atoms with Gasteiger partial charge in [-0.2, -0.15) is 0 Å². The number of hydrogen-bond donors (Lipinski definition) is 2. The number of rotatable bonds is 8. The highest BCUT2D eigenvalue weighted by molar-refractivity contribution is 8.14. The lowest BCUT2D eigenvalue weighted by molar-refractivity contribution is -0.139. The third-order valence-electron chi connectivity index (χ3n) is 5.23. The summed E-state index contributed by atoms with van der Waals surface area (Å²) in [6.45, 7) is 10.2. The highest BCUT2D eigenvalue weighted by Gasteiger charge is 2.32. The number of thioether (sulfide) groups is 1. The summed E-state index contributed by atoms with van der Waals surface area (Å²) in [5.41, 5.74) is 4.72. The van der Waals surface area contributed by atoms with Crippen molar-refractivity contribution < 1.29 is 19.1 Å². The van der Waals surface area contributed by atoms with Gasteiger partial charge in [-0.1, -0.05) is 42.1 Å². The van der Waals surface area contributed by atoms with Crippen LogP contribution in [0, 0.1) is 13.8 Å². The summed E-state index contributed by atoms with van der Waals surface area (Å²) in [4.78, 5) is 30.2. The standard InChI is InChI=1S/C26H31N3O4S/c1-6-32-21-11-9-8-10-19(21)24-23(25(31)33-7-2)18(5)27-26(29-24)34-15-22(30)28-20-14-16(3)12-13-17(20)4/h8-14,24H,6-7,15H2,1-5H3,(H,27,29)(H,28,30)/t24-/m1/s1. The van der Waals surface area contributed by atoms with E-state index in [9.17, 15) is 9.59 Å². The van der Waals surface area contributed by atoms with E-state index in [1.54, 1.807) is 6.92 Å². The molecule has 1 aliphatic rings. The molecule has 1 heterocycles. The first-order valence-corrected chi connectivity index (χ1v) is 12.3. The van der Waals surface area contributed by atoms with Gasteiger partial charge >= 0.3 is 5.97 Å². The Morgan fingerprint density at radius 3 is 2.59 bits per heavy atom. The van der Waals surface area contributed by atoms with Gasteiger partial charge in [-0.05, 0) is 57.9 Å². The van der Waals surface area contributed by atoms with Gasteiger partial charge in [-0.3, -0.25) is 4.79 Å². The molecule has 0 spiro atoms. The largest absolute Gasteiger partial charge is 0.494 e. The van der Waals surface area contributed by atoms with Gasteiger partial charge in [-0.15, -0.1) is 0 Å². The number of carbonyl (C=O) groups excluding carboxylic acids is 2. The van der Waals surface area contributed by atoms with E-state index in [-0.39, 0.29) is 18.3 Å². The zero-order valence-electron chi connectivity index (χ0n) is 20.2. The van der Waals surface area contributed by atoms with Gasteiger partial charge in [0.15, 0.2) is 5.17 Å². The van der Waals surface area contributed by atoms with Crippen LogP contribution in [0.2, 0.25) is 0 Å². The molecule has 0 aliphatic carbocycles. The molecule has 2 N–H and O–H groups in total. The van der Waals surface area contributed by atoms with Crippen LogP contribution in [0.5, 0.6) is 5.75 Å².